The summed E-state index contributed by atoms with van der Waals surface area (Å²) in [4.78, 5) is 11.4. The third-order valence-corrected chi connectivity index (χ3v) is 4.33. The fourth-order valence-corrected chi connectivity index (χ4v) is 3.00. The summed E-state index contributed by atoms with van der Waals surface area (Å²) in [7, 11) is 0. The van der Waals surface area contributed by atoms with Crippen LogP contribution in [0.1, 0.15) is 5.56 Å². The van der Waals surface area contributed by atoms with Gasteiger partial charge in [0.2, 0.25) is 0 Å². The van der Waals surface area contributed by atoms with Crippen LogP contribution < -0.4 is 5.73 Å². The molecule has 0 spiro atoms. The lowest BCUT2D eigenvalue weighted by atomic mass is 9.97. The van der Waals surface area contributed by atoms with Gasteiger partial charge in [-0.25, -0.2) is 4.79 Å². The molecule has 4 rings (SSSR count). The number of nitrogens with zero attached hydrogens (tertiary/aromatic N) is 3. The molecule has 0 radical (unpaired) electrons. The maximum atomic E-state index is 11.4. The van der Waals surface area contributed by atoms with E-state index in [4.69, 9.17) is 5.73 Å². The van der Waals surface area contributed by atoms with Crippen LogP contribution in [-0.2, 0) is 0 Å². The van der Waals surface area contributed by atoms with E-state index in [0.29, 0.717) is 11.0 Å². The number of amides is 1. The molecule has 4 aromatic rings. The number of aryl methyl sites for hydroxylation is 1. The number of carbonyl (C=O) groups is 1. The number of hydrogen-bond donors (Lipinski definition) is 1. The molecule has 3 aromatic carbocycles. The summed E-state index contributed by atoms with van der Waals surface area (Å²) in [5.74, 6) is 0. The minimum atomic E-state index is -0.644. The SMILES string of the molecule is Cc1ccccc1-c1ccc(-c2ccc3nnn(C(N)=O)c3c2)cc1. The molecule has 0 unspecified atom stereocenters. The number of benzene rings is 3. The molecule has 5 nitrogen and oxygen atoms in total. The van der Waals surface area contributed by atoms with Crippen LogP contribution in [0.25, 0.3) is 33.3 Å². The standard InChI is InChI=1S/C20H16N4O/c1-13-4-2-3-5-17(13)15-8-6-14(7-9-15)16-10-11-18-19(12-16)24(20(21)25)23-22-18/h2-12H,1H3,(H2,21,25). The van der Waals surface area contributed by atoms with E-state index in [-0.39, 0.29) is 0 Å². The fraction of sp³-hybridized carbons (Fsp3) is 0.0500. The first kappa shape index (κ1) is 15.1. The fourth-order valence-electron chi connectivity index (χ4n) is 3.00. The topological polar surface area (TPSA) is 73.8 Å². The van der Waals surface area contributed by atoms with Crippen LogP contribution >= 0.6 is 0 Å². The average Bonchev–Trinajstić information content (AvgIpc) is 3.06. The van der Waals surface area contributed by atoms with Gasteiger partial charge in [0.05, 0.1) is 0 Å². The highest BCUT2D eigenvalue weighted by molar-refractivity contribution is 5.89. The van der Waals surface area contributed by atoms with Crippen LogP contribution in [0.2, 0.25) is 0 Å². The normalized spacial score (nSPS) is 10.9. The number of hydrogen-bond acceptors (Lipinski definition) is 3. The van der Waals surface area contributed by atoms with Crippen molar-refractivity contribution in [3.63, 3.8) is 0 Å². The second kappa shape index (κ2) is 5.87. The van der Waals surface area contributed by atoms with E-state index >= 15 is 0 Å². The Morgan fingerprint density at radius 3 is 2.32 bits per heavy atom. The van der Waals surface area contributed by atoms with Crippen molar-refractivity contribution in [2.45, 2.75) is 6.92 Å². The third kappa shape index (κ3) is 2.65. The van der Waals surface area contributed by atoms with Crippen molar-refractivity contribution in [1.82, 2.24) is 15.0 Å². The van der Waals surface area contributed by atoms with E-state index in [1.807, 2.05) is 30.3 Å². The Bertz CT molecular complexity index is 1080. The maximum Gasteiger partial charge on any atom is 0.341 e. The quantitative estimate of drug-likeness (QED) is 0.604. The van der Waals surface area contributed by atoms with Gasteiger partial charge in [-0.15, -0.1) is 5.10 Å². The molecule has 1 amide bonds. The summed E-state index contributed by atoms with van der Waals surface area (Å²) in [6.07, 6.45) is 0. The Morgan fingerprint density at radius 1 is 0.920 bits per heavy atom. The molecule has 0 saturated heterocycles. The van der Waals surface area contributed by atoms with Crippen LogP contribution in [0, 0.1) is 6.92 Å². The first-order chi connectivity index (χ1) is 12.1. The van der Waals surface area contributed by atoms with Gasteiger partial charge in [-0.2, -0.15) is 4.68 Å². The van der Waals surface area contributed by atoms with Gasteiger partial charge in [0.25, 0.3) is 0 Å². The monoisotopic (exact) mass is 328 g/mol. The molecule has 0 bridgehead atoms. The zero-order chi connectivity index (χ0) is 17.4. The van der Waals surface area contributed by atoms with E-state index in [2.05, 4.69) is 53.6 Å². The average molecular weight is 328 g/mol. The number of aromatic nitrogens is 3. The molecular formula is C20H16N4O. The molecule has 25 heavy (non-hydrogen) atoms. The van der Waals surface area contributed by atoms with Crippen molar-refractivity contribution in [1.29, 1.82) is 0 Å². The predicted molar refractivity (Wildman–Crippen MR) is 98.1 cm³/mol. The lowest BCUT2D eigenvalue weighted by Gasteiger charge is -2.08. The van der Waals surface area contributed by atoms with Crippen molar-refractivity contribution >= 4 is 17.1 Å². The highest BCUT2D eigenvalue weighted by Crippen LogP contribution is 2.28. The van der Waals surface area contributed by atoms with Crippen molar-refractivity contribution in [2.24, 2.45) is 5.73 Å². The van der Waals surface area contributed by atoms with Crippen LogP contribution in [0.15, 0.2) is 66.7 Å². The van der Waals surface area contributed by atoms with Gasteiger partial charge in [0.1, 0.15) is 11.0 Å². The number of carbonyl (C=O) groups excluding carboxylic acids is 1. The maximum absolute atomic E-state index is 11.4. The number of rotatable bonds is 2. The van der Waals surface area contributed by atoms with Gasteiger partial charge < -0.3 is 5.73 Å². The summed E-state index contributed by atoms with van der Waals surface area (Å²) in [6, 6.07) is 21.7. The lowest BCUT2D eigenvalue weighted by Crippen LogP contribution is -2.20. The first-order valence-electron chi connectivity index (χ1n) is 7.95. The van der Waals surface area contributed by atoms with Gasteiger partial charge in [0.15, 0.2) is 0 Å². The lowest BCUT2D eigenvalue weighted by molar-refractivity contribution is 0.248. The molecule has 122 valence electrons. The van der Waals surface area contributed by atoms with Crippen molar-refractivity contribution in [2.75, 3.05) is 0 Å². The number of nitrogens with two attached hydrogens (primary N) is 1. The summed E-state index contributed by atoms with van der Waals surface area (Å²) >= 11 is 0. The molecular weight excluding hydrogens is 312 g/mol. The van der Waals surface area contributed by atoms with E-state index in [0.717, 1.165) is 15.8 Å². The van der Waals surface area contributed by atoms with Crippen molar-refractivity contribution in [3.8, 4) is 22.3 Å². The largest absolute Gasteiger partial charge is 0.350 e. The summed E-state index contributed by atoms with van der Waals surface area (Å²) in [5, 5.41) is 7.74. The third-order valence-electron chi connectivity index (χ3n) is 4.33. The molecule has 5 heteroatoms. The molecule has 0 aliphatic heterocycles. The number of fused-ring (bicyclic) bond motifs is 1. The second-order valence-electron chi connectivity index (χ2n) is 5.94. The first-order valence-corrected chi connectivity index (χ1v) is 7.95. The van der Waals surface area contributed by atoms with E-state index in [1.165, 1.54) is 16.7 Å². The highest BCUT2D eigenvalue weighted by atomic mass is 16.2. The van der Waals surface area contributed by atoms with Crippen LogP contribution in [0.4, 0.5) is 4.79 Å². The van der Waals surface area contributed by atoms with Crippen LogP contribution in [0.5, 0.6) is 0 Å². The van der Waals surface area contributed by atoms with Crippen molar-refractivity contribution < 1.29 is 4.79 Å². The summed E-state index contributed by atoms with van der Waals surface area (Å²) in [6.45, 7) is 2.11. The Balaban J connectivity index is 1.75. The molecule has 0 aliphatic carbocycles. The van der Waals surface area contributed by atoms with Gasteiger partial charge in [-0.3, -0.25) is 0 Å². The van der Waals surface area contributed by atoms with E-state index < -0.39 is 6.03 Å². The summed E-state index contributed by atoms with van der Waals surface area (Å²) in [5.41, 5.74) is 12.2. The minimum Gasteiger partial charge on any atom is -0.350 e. The van der Waals surface area contributed by atoms with Gasteiger partial charge >= 0.3 is 6.03 Å². The van der Waals surface area contributed by atoms with Gasteiger partial charge in [0, 0.05) is 0 Å². The Hall–Kier alpha value is -3.47. The number of primary amides is 1. The molecule has 1 heterocycles. The predicted octanol–water partition coefficient (Wildman–Crippen LogP) is 4.00. The minimum absolute atomic E-state index is 0.605. The molecule has 2 N–H and O–H groups in total. The second-order valence-corrected chi connectivity index (χ2v) is 5.94. The molecule has 0 fully saturated rings. The van der Waals surface area contributed by atoms with Crippen LogP contribution in [-0.4, -0.2) is 21.0 Å². The van der Waals surface area contributed by atoms with Crippen molar-refractivity contribution in [3.05, 3.63) is 72.3 Å². The zero-order valence-electron chi connectivity index (χ0n) is 13.7. The molecule has 0 atom stereocenters. The Morgan fingerprint density at radius 2 is 1.60 bits per heavy atom. The smallest absolute Gasteiger partial charge is 0.341 e. The molecule has 1 aromatic heterocycles. The van der Waals surface area contributed by atoms with Gasteiger partial charge in [-0.1, -0.05) is 59.8 Å². The highest BCUT2D eigenvalue weighted by Gasteiger charge is 2.10. The van der Waals surface area contributed by atoms with E-state index in [9.17, 15) is 4.79 Å². The van der Waals surface area contributed by atoms with Gasteiger partial charge in [-0.05, 0) is 46.9 Å². The van der Waals surface area contributed by atoms with E-state index in [1.54, 1.807) is 0 Å². The summed E-state index contributed by atoms with van der Waals surface area (Å²) < 4.78 is 1.11. The molecule has 0 aliphatic rings. The zero-order valence-corrected chi connectivity index (χ0v) is 13.7. The molecule has 0 saturated carbocycles. The van der Waals surface area contributed by atoms with Crippen LogP contribution in [0.3, 0.4) is 0 Å². The Kier molecular flexibility index (Phi) is 3.54. The Labute approximate surface area is 144 Å².